The van der Waals surface area contributed by atoms with Crippen molar-refractivity contribution in [1.29, 1.82) is 0 Å². The van der Waals surface area contributed by atoms with E-state index in [-0.39, 0.29) is 0 Å². The van der Waals surface area contributed by atoms with Crippen molar-refractivity contribution in [2.24, 2.45) is 17.8 Å². The third-order valence-electron chi connectivity index (χ3n) is 4.63. The number of hydrogen-bond donors (Lipinski definition) is 1. The van der Waals surface area contributed by atoms with Gasteiger partial charge in [0.05, 0.1) is 0 Å². The Balaban J connectivity index is 2.57. The zero-order chi connectivity index (χ0) is 14.4. The van der Waals surface area contributed by atoms with Crippen molar-refractivity contribution in [2.75, 3.05) is 19.6 Å². The molecule has 2 heteroatoms. The molecule has 2 nitrogen and oxygen atoms in total. The monoisotopic (exact) mass is 268 g/mol. The lowest BCUT2D eigenvalue weighted by molar-refractivity contribution is 0.0911. The Labute approximate surface area is 121 Å². The fourth-order valence-electron chi connectivity index (χ4n) is 3.02. The number of piperazine rings is 1. The Morgan fingerprint density at radius 1 is 1.11 bits per heavy atom. The fraction of sp³-hybridized carbons (Fsp3) is 1.00. The summed E-state index contributed by atoms with van der Waals surface area (Å²) in [5.41, 5.74) is 0. The lowest BCUT2D eigenvalue weighted by Crippen LogP contribution is -2.58. The maximum absolute atomic E-state index is 3.80. The van der Waals surface area contributed by atoms with Gasteiger partial charge in [-0.05, 0) is 37.1 Å². The van der Waals surface area contributed by atoms with Crippen LogP contribution >= 0.6 is 0 Å². The van der Waals surface area contributed by atoms with Crippen LogP contribution in [0.3, 0.4) is 0 Å². The zero-order valence-electron chi connectivity index (χ0n) is 14.1. The molecule has 1 fully saturated rings. The molecule has 1 rings (SSSR count). The second-order valence-electron chi connectivity index (χ2n) is 7.36. The van der Waals surface area contributed by atoms with Gasteiger partial charge in [0.15, 0.2) is 0 Å². The molecule has 0 saturated carbocycles. The summed E-state index contributed by atoms with van der Waals surface area (Å²) < 4.78 is 0. The minimum absolute atomic E-state index is 0.695. The molecule has 0 aromatic carbocycles. The van der Waals surface area contributed by atoms with Crippen molar-refractivity contribution in [2.45, 2.75) is 72.9 Å². The van der Waals surface area contributed by atoms with Gasteiger partial charge in [-0.2, -0.15) is 0 Å². The van der Waals surface area contributed by atoms with Crippen molar-refractivity contribution in [3.05, 3.63) is 0 Å². The first kappa shape index (κ1) is 17.0. The van der Waals surface area contributed by atoms with Crippen LogP contribution in [0.4, 0.5) is 0 Å². The van der Waals surface area contributed by atoms with E-state index in [9.17, 15) is 0 Å². The van der Waals surface area contributed by atoms with E-state index in [1.54, 1.807) is 0 Å². The molecule has 114 valence electrons. The van der Waals surface area contributed by atoms with Crippen molar-refractivity contribution >= 4 is 0 Å². The Hall–Kier alpha value is -0.0800. The van der Waals surface area contributed by atoms with Crippen LogP contribution in [0.5, 0.6) is 0 Å². The third-order valence-corrected chi connectivity index (χ3v) is 4.63. The minimum Gasteiger partial charge on any atom is -0.311 e. The van der Waals surface area contributed by atoms with E-state index in [0.717, 1.165) is 23.8 Å². The molecule has 0 radical (unpaired) electrons. The van der Waals surface area contributed by atoms with Crippen molar-refractivity contribution in [3.8, 4) is 0 Å². The minimum atomic E-state index is 0.695. The average molecular weight is 268 g/mol. The van der Waals surface area contributed by atoms with Gasteiger partial charge < -0.3 is 5.32 Å². The van der Waals surface area contributed by atoms with Crippen LogP contribution in [0.25, 0.3) is 0 Å². The van der Waals surface area contributed by atoms with Crippen molar-refractivity contribution in [1.82, 2.24) is 10.2 Å². The summed E-state index contributed by atoms with van der Waals surface area (Å²) in [4.78, 5) is 2.77. The van der Waals surface area contributed by atoms with E-state index in [1.807, 2.05) is 0 Å². The maximum atomic E-state index is 3.80. The zero-order valence-corrected chi connectivity index (χ0v) is 14.1. The first-order valence-corrected chi connectivity index (χ1v) is 8.41. The van der Waals surface area contributed by atoms with E-state index in [0.29, 0.717) is 6.04 Å². The summed E-state index contributed by atoms with van der Waals surface area (Å²) in [5, 5.41) is 3.80. The smallest absolute Gasteiger partial charge is 0.0223 e. The quantitative estimate of drug-likeness (QED) is 0.756. The summed E-state index contributed by atoms with van der Waals surface area (Å²) in [5.74, 6) is 2.41. The van der Waals surface area contributed by atoms with Crippen LogP contribution in [0.1, 0.15) is 60.8 Å². The van der Waals surface area contributed by atoms with Gasteiger partial charge in [-0.25, -0.2) is 0 Å². The fourth-order valence-corrected chi connectivity index (χ4v) is 3.02. The summed E-state index contributed by atoms with van der Waals surface area (Å²) in [6.07, 6.45) is 3.95. The van der Waals surface area contributed by atoms with E-state index in [2.05, 4.69) is 51.8 Å². The van der Waals surface area contributed by atoms with Crippen LogP contribution in [-0.4, -0.2) is 36.6 Å². The number of nitrogens with one attached hydrogen (secondary N) is 1. The van der Waals surface area contributed by atoms with Gasteiger partial charge in [-0.15, -0.1) is 0 Å². The van der Waals surface area contributed by atoms with Crippen molar-refractivity contribution in [3.63, 3.8) is 0 Å². The molecule has 3 unspecified atom stereocenters. The second-order valence-corrected chi connectivity index (χ2v) is 7.36. The summed E-state index contributed by atoms with van der Waals surface area (Å²) >= 11 is 0. The summed E-state index contributed by atoms with van der Waals surface area (Å²) in [7, 11) is 0. The summed E-state index contributed by atoms with van der Waals surface area (Å²) in [6.45, 7) is 17.8. The molecule has 3 atom stereocenters. The maximum Gasteiger partial charge on any atom is 0.0223 e. The molecular formula is C17H36N2. The van der Waals surface area contributed by atoms with E-state index >= 15 is 0 Å². The molecular weight excluding hydrogens is 232 g/mol. The molecule has 0 aromatic heterocycles. The number of rotatable bonds is 7. The molecule has 0 amide bonds. The Morgan fingerprint density at radius 3 is 2.32 bits per heavy atom. The first-order chi connectivity index (χ1) is 8.93. The largest absolute Gasteiger partial charge is 0.311 e. The Morgan fingerprint density at radius 2 is 1.79 bits per heavy atom. The highest BCUT2D eigenvalue weighted by Gasteiger charge is 2.30. The highest BCUT2D eigenvalue weighted by Crippen LogP contribution is 2.20. The lowest BCUT2D eigenvalue weighted by Gasteiger charge is -2.43. The van der Waals surface area contributed by atoms with Gasteiger partial charge in [0.1, 0.15) is 0 Å². The van der Waals surface area contributed by atoms with Gasteiger partial charge >= 0.3 is 0 Å². The van der Waals surface area contributed by atoms with Gasteiger partial charge in [0.2, 0.25) is 0 Å². The molecule has 0 spiro atoms. The van der Waals surface area contributed by atoms with Crippen LogP contribution < -0.4 is 5.32 Å². The van der Waals surface area contributed by atoms with Crippen molar-refractivity contribution < 1.29 is 0 Å². The SMILES string of the molecule is CCC(C)C1CN(CCC(C)C)C(CC(C)C)CN1. The standard InChI is InChI=1S/C17H36N2/c1-7-15(6)17-12-19(9-8-13(2)3)16(11-18-17)10-14(4)5/h13-18H,7-12H2,1-6H3. The lowest BCUT2D eigenvalue weighted by atomic mass is 9.92. The Bertz CT molecular complexity index is 237. The molecule has 1 aliphatic rings. The molecule has 0 aliphatic carbocycles. The molecule has 0 aromatic rings. The van der Waals surface area contributed by atoms with Crippen LogP contribution in [0.2, 0.25) is 0 Å². The predicted octanol–water partition coefficient (Wildman–Crippen LogP) is 3.77. The highest BCUT2D eigenvalue weighted by atomic mass is 15.2. The summed E-state index contributed by atoms with van der Waals surface area (Å²) in [6, 6.07) is 1.44. The van der Waals surface area contributed by atoms with Gasteiger partial charge in [0.25, 0.3) is 0 Å². The molecule has 1 saturated heterocycles. The van der Waals surface area contributed by atoms with Crippen LogP contribution in [0.15, 0.2) is 0 Å². The van der Waals surface area contributed by atoms with Gasteiger partial charge in [-0.3, -0.25) is 4.90 Å². The highest BCUT2D eigenvalue weighted by molar-refractivity contribution is 4.88. The average Bonchev–Trinajstić information content (AvgIpc) is 2.35. The number of nitrogens with zero attached hydrogens (tertiary/aromatic N) is 1. The van der Waals surface area contributed by atoms with Crippen LogP contribution in [0, 0.1) is 17.8 Å². The topological polar surface area (TPSA) is 15.3 Å². The third kappa shape index (κ3) is 5.83. The Kier molecular flexibility index (Phi) is 7.38. The molecule has 1 N–H and O–H groups in total. The van der Waals surface area contributed by atoms with E-state index in [1.165, 1.54) is 38.9 Å². The second kappa shape index (κ2) is 8.26. The molecule has 1 aliphatic heterocycles. The first-order valence-electron chi connectivity index (χ1n) is 8.41. The molecule has 1 heterocycles. The van der Waals surface area contributed by atoms with Crippen LogP contribution in [-0.2, 0) is 0 Å². The molecule has 19 heavy (non-hydrogen) atoms. The van der Waals surface area contributed by atoms with Gasteiger partial charge in [0, 0.05) is 25.2 Å². The normalized spacial score (nSPS) is 27.2. The van der Waals surface area contributed by atoms with E-state index in [4.69, 9.17) is 0 Å². The predicted molar refractivity (Wildman–Crippen MR) is 85.5 cm³/mol. The molecule has 0 bridgehead atoms. The van der Waals surface area contributed by atoms with E-state index < -0.39 is 0 Å². The number of hydrogen-bond acceptors (Lipinski definition) is 2. The van der Waals surface area contributed by atoms with Gasteiger partial charge in [-0.1, -0.05) is 48.0 Å².